The first kappa shape index (κ1) is 18.4. The summed E-state index contributed by atoms with van der Waals surface area (Å²) in [5, 5.41) is 4.19. The minimum absolute atomic E-state index is 0.169. The van der Waals surface area contributed by atoms with Crippen LogP contribution >= 0.6 is 0 Å². The van der Waals surface area contributed by atoms with Crippen molar-refractivity contribution in [2.75, 3.05) is 11.9 Å². The van der Waals surface area contributed by atoms with Crippen molar-refractivity contribution < 1.29 is 9.18 Å². The van der Waals surface area contributed by atoms with E-state index in [0.29, 0.717) is 6.54 Å². The topological polar surface area (TPSA) is 48.1 Å². The van der Waals surface area contributed by atoms with Gasteiger partial charge in [0.05, 0.1) is 6.04 Å². The zero-order chi connectivity index (χ0) is 20.7. The Bertz CT molecular complexity index is 1210. The average molecular weight is 399 g/mol. The summed E-state index contributed by atoms with van der Waals surface area (Å²) in [5.74, 6) is -0.290. The Hall–Kier alpha value is -3.60. The molecular weight excluding hydrogens is 377 g/mol. The largest absolute Gasteiger partial charge is 0.356 e. The summed E-state index contributed by atoms with van der Waals surface area (Å²) >= 11 is 0. The number of hydrogen-bond donors (Lipinski definition) is 2. The van der Waals surface area contributed by atoms with Crippen LogP contribution in [0.4, 0.5) is 14.9 Å². The standard InChI is InChI=1S/C25H22FN3O/c1-16-6-12-19(13-7-16)27-25(30)29-15-14-21-20-4-2-3-5-22(20)28-23(21)24(29)17-8-10-18(26)11-9-17/h2-13,24,28H,14-15H2,1H3,(H,27,30)/t24-/m1/s1. The third-order valence-electron chi connectivity index (χ3n) is 5.78. The molecule has 5 rings (SSSR count). The fourth-order valence-corrected chi connectivity index (χ4v) is 4.28. The van der Waals surface area contributed by atoms with E-state index in [9.17, 15) is 9.18 Å². The normalized spacial score (nSPS) is 15.8. The lowest BCUT2D eigenvalue weighted by Gasteiger charge is -2.36. The van der Waals surface area contributed by atoms with Crippen LogP contribution in [0.15, 0.2) is 72.8 Å². The fraction of sp³-hybridized carbons (Fsp3) is 0.160. The second kappa shape index (κ2) is 7.34. The van der Waals surface area contributed by atoms with Gasteiger partial charge in [-0.15, -0.1) is 0 Å². The molecule has 2 amide bonds. The summed E-state index contributed by atoms with van der Waals surface area (Å²) in [6.07, 6.45) is 0.762. The molecule has 1 aliphatic rings. The van der Waals surface area contributed by atoms with E-state index in [1.807, 2.05) is 54.3 Å². The number of H-pyrrole nitrogens is 1. The highest BCUT2D eigenvalue weighted by molar-refractivity contribution is 5.91. The molecule has 5 heteroatoms. The highest BCUT2D eigenvalue weighted by Gasteiger charge is 2.34. The zero-order valence-electron chi connectivity index (χ0n) is 16.7. The zero-order valence-corrected chi connectivity index (χ0v) is 16.7. The predicted molar refractivity (Wildman–Crippen MR) is 117 cm³/mol. The lowest BCUT2D eigenvalue weighted by atomic mass is 9.92. The van der Waals surface area contributed by atoms with Crippen LogP contribution in [-0.2, 0) is 6.42 Å². The molecule has 2 heterocycles. The lowest BCUT2D eigenvalue weighted by Crippen LogP contribution is -2.43. The molecule has 1 atom stereocenters. The van der Waals surface area contributed by atoms with Crippen LogP contribution in [0.1, 0.15) is 28.4 Å². The molecule has 1 aliphatic heterocycles. The number of amides is 2. The van der Waals surface area contributed by atoms with Gasteiger partial charge in [-0.1, -0.05) is 48.0 Å². The Morgan fingerprint density at radius 3 is 2.53 bits per heavy atom. The number of fused-ring (bicyclic) bond motifs is 3. The Balaban J connectivity index is 1.56. The van der Waals surface area contributed by atoms with Crippen molar-refractivity contribution in [3.8, 4) is 0 Å². The molecular formula is C25H22FN3O. The van der Waals surface area contributed by atoms with Crippen LogP contribution in [0.5, 0.6) is 0 Å². The first-order chi connectivity index (χ1) is 14.6. The molecule has 4 aromatic rings. The number of hydrogen-bond acceptors (Lipinski definition) is 1. The number of aromatic amines is 1. The van der Waals surface area contributed by atoms with Crippen LogP contribution in [0.2, 0.25) is 0 Å². The van der Waals surface area contributed by atoms with Gasteiger partial charge in [0.25, 0.3) is 0 Å². The van der Waals surface area contributed by atoms with E-state index in [2.05, 4.69) is 16.4 Å². The number of benzene rings is 3. The number of anilines is 1. The van der Waals surface area contributed by atoms with Gasteiger partial charge in [0.15, 0.2) is 0 Å². The monoisotopic (exact) mass is 399 g/mol. The Labute approximate surface area is 174 Å². The molecule has 0 fully saturated rings. The van der Waals surface area contributed by atoms with Crippen molar-refractivity contribution >= 4 is 22.6 Å². The Kier molecular flexibility index (Phi) is 4.51. The van der Waals surface area contributed by atoms with Crippen LogP contribution in [0.3, 0.4) is 0 Å². The number of aryl methyl sites for hydroxylation is 1. The number of nitrogens with one attached hydrogen (secondary N) is 2. The summed E-state index contributed by atoms with van der Waals surface area (Å²) < 4.78 is 13.6. The van der Waals surface area contributed by atoms with Gasteiger partial charge in [0, 0.05) is 28.8 Å². The van der Waals surface area contributed by atoms with Crippen molar-refractivity contribution in [3.63, 3.8) is 0 Å². The van der Waals surface area contributed by atoms with Crippen molar-refractivity contribution in [1.29, 1.82) is 0 Å². The number of nitrogens with zero attached hydrogens (tertiary/aromatic N) is 1. The van der Waals surface area contributed by atoms with E-state index in [0.717, 1.165) is 34.4 Å². The first-order valence-electron chi connectivity index (χ1n) is 10.1. The van der Waals surface area contributed by atoms with Crippen LogP contribution in [0, 0.1) is 12.7 Å². The maximum atomic E-state index is 13.6. The summed E-state index contributed by atoms with van der Waals surface area (Å²) in [6, 6.07) is 21.9. The quantitative estimate of drug-likeness (QED) is 0.440. The number of aromatic nitrogens is 1. The van der Waals surface area contributed by atoms with Crippen LogP contribution in [-0.4, -0.2) is 22.5 Å². The number of halogens is 1. The van der Waals surface area contributed by atoms with E-state index >= 15 is 0 Å². The Morgan fingerprint density at radius 1 is 1.03 bits per heavy atom. The molecule has 30 heavy (non-hydrogen) atoms. The average Bonchev–Trinajstić information content (AvgIpc) is 3.14. The SMILES string of the molecule is Cc1ccc(NC(=O)N2CCc3c([nH]c4ccccc34)[C@H]2c2ccc(F)cc2)cc1. The summed E-state index contributed by atoms with van der Waals surface area (Å²) in [6.45, 7) is 2.59. The molecule has 0 saturated heterocycles. The smallest absolute Gasteiger partial charge is 0.322 e. The van der Waals surface area contributed by atoms with E-state index in [4.69, 9.17) is 0 Å². The van der Waals surface area contributed by atoms with Crippen molar-refractivity contribution in [2.45, 2.75) is 19.4 Å². The Morgan fingerprint density at radius 2 is 1.77 bits per heavy atom. The molecule has 0 unspecified atom stereocenters. The van der Waals surface area contributed by atoms with Gasteiger partial charge < -0.3 is 15.2 Å². The molecule has 150 valence electrons. The van der Waals surface area contributed by atoms with Crippen molar-refractivity contribution in [2.24, 2.45) is 0 Å². The second-order valence-corrected chi connectivity index (χ2v) is 7.76. The van der Waals surface area contributed by atoms with Crippen LogP contribution < -0.4 is 5.32 Å². The minimum Gasteiger partial charge on any atom is -0.356 e. The van der Waals surface area contributed by atoms with Crippen molar-refractivity contribution in [1.82, 2.24) is 9.88 Å². The molecule has 4 nitrogen and oxygen atoms in total. The number of para-hydroxylation sites is 1. The number of urea groups is 1. The van der Waals surface area contributed by atoms with E-state index in [1.54, 1.807) is 12.1 Å². The van der Waals surface area contributed by atoms with Gasteiger partial charge >= 0.3 is 6.03 Å². The third-order valence-corrected chi connectivity index (χ3v) is 5.78. The molecule has 0 aliphatic carbocycles. The molecule has 0 spiro atoms. The predicted octanol–water partition coefficient (Wildman–Crippen LogP) is 5.80. The van der Waals surface area contributed by atoms with Crippen LogP contribution in [0.25, 0.3) is 10.9 Å². The fourth-order valence-electron chi connectivity index (χ4n) is 4.28. The van der Waals surface area contributed by atoms with Gasteiger partial charge in [0.2, 0.25) is 0 Å². The molecule has 0 radical (unpaired) electrons. The molecule has 2 N–H and O–H groups in total. The molecule has 1 aromatic heterocycles. The highest BCUT2D eigenvalue weighted by Crippen LogP contribution is 2.38. The summed E-state index contributed by atoms with van der Waals surface area (Å²) in [5.41, 5.74) is 6.04. The number of carbonyl (C=O) groups excluding carboxylic acids is 1. The van der Waals surface area contributed by atoms with Gasteiger partial charge in [-0.2, -0.15) is 0 Å². The minimum atomic E-state index is -0.313. The van der Waals surface area contributed by atoms with Crippen molar-refractivity contribution in [3.05, 3.63) is 101 Å². The lowest BCUT2D eigenvalue weighted by molar-refractivity contribution is 0.193. The van der Waals surface area contributed by atoms with Gasteiger partial charge in [-0.3, -0.25) is 0 Å². The van der Waals surface area contributed by atoms with E-state index in [-0.39, 0.29) is 17.9 Å². The third kappa shape index (κ3) is 3.22. The molecule has 0 saturated carbocycles. The number of carbonyl (C=O) groups is 1. The van der Waals surface area contributed by atoms with Gasteiger partial charge in [-0.05, 0) is 54.8 Å². The van der Waals surface area contributed by atoms with Gasteiger partial charge in [0.1, 0.15) is 5.82 Å². The maximum Gasteiger partial charge on any atom is 0.322 e. The number of rotatable bonds is 2. The second-order valence-electron chi connectivity index (χ2n) is 7.76. The van der Waals surface area contributed by atoms with E-state index < -0.39 is 0 Å². The summed E-state index contributed by atoms with van der Waals surface area (Å²) in [7, 11) is 0. The van der Waals surface area contributed by atoms with Gasteiger partial charge in [-0.25, -0.2) is 9.18 Å². The molecule has 0 bridgehead atoms. The van der Waals surface area contributed by atoms with E-state index in [1.165, 1.54) is 23.1 Å². The first-order valence-corrected chi connectivity index (χ1v) is 10.1. The summed E-state index contributed by atoms with van der Waals surface area (Å²) in [4.78, 5) is 18.6. The maximum absolute atomic E-state index is 13.6. The molecule has 3 aromatic carbocycles. The highest BCUT2D eigenvalue weighted by atomic mass is 19.1.